The molecule has 1 atom stereocenters. The van der Waals surface area contributed by atoms with Crippen molar-refractivity contribution in [1.82, 2.24) is 20.1 Å². The molecule has 3 heterocycles. The summed E-state index contributed by atoms with van der Waals surface area (Å²) >= 11 is 0. The number of hydrogen-bond acceptors (Lipinski definition) is 5. The predicted octanol–water partition coefficient (Wildman–Crippen LogP) is 5.89. The lowest BCUT2D eigenvalue weighted by Gasteiger charge is -2.26. The van der Waals surface area contributed by atoms with Crippen LogP contribution < -0.4 is 15.4 Å². The lowest BCUT2D eigenvalue weighted by atomic mass is 9.88. The minimum Gasteiger partial charge on any atom is -0.457 e. The number of aryl methyl sites for hydroxylation is 2. The van der Waals surface area contributed by atoms with Gasteiger partial charge in [-0.2, -0.15) is 18.3 Å². The zero-order chi connectivity index (χ0) is 28.7. The molecule has 12 heteroatoms. The van der Waals surface area contributed by atoms with E-state index in [2.05, 4.69) is 20.7 Å². The number of benzene rings is 2. The van der Waals surface area contributed by atoms with Crippen LogP contribution in [0, 0.1) is 0 Å². The van der Waals surface area contributed by atoms with E-state index in [1.54, 1.807) is 25.4 Å². The number of carbonyl (C=O) groups excluding carboxylic acids is 2. The lowest BCUT2D eigenvalue weighted by Crippen LogP contribution is -2.39. The third-order valence-electron chi connectivity index (χ3n) is 7.48. The molecule has 0 radical (unpaired) electrons. The number of halogens is 4. The van der Waals surface area contributed by atoms with Crippen LogP contribution in [0.4, 0.5) is 19.0 Å². The number of fused-ring (bicyclic) bond motifs is 2. The molecule has 0 fully saturated rings. The van der Waals surface area contributed by atoms with Crippen molar-refractivity contribution in [3.05, 3.63) is 88.7 Å². The van der Waals surface area contributed by atoms with Gasteiger partial charge in [0.15, 0.2) is 0 Å². The Kier molecular flexibility index (Phi) is 7.96. The number of carbonyl (C=O) groups is 2. The summed E-state index contributed by atoms with van der Waals surface area (Å²) in [4.78, 5) is 29.2. The molecule has 42 heavy (non-hydrogen) atoms. The van der Waals surface area contributed by atoms with Crippen LogP contribution in [0.1, 0.15) is 45.5 Å². The first-order valence-electron chi connectivity index (χ1n) is 13.2. The van der Waals surface area contributed by atoms with Crippen molar-refractivity contribution in [2.24, 2.45) is 7.05 Å². The van der Waals surface area contributed by atoms with Crippen LogP contribution >= 0.6 is 12.4 Å². The van der Waals surface area contributed by atoms with E-state index in [4.69, 9.17) is 4.74 Å². The molecule has 4 aromatic rings. The largest absolute Gasteiger partial charge is 0.457 e. The maximum Gasteiger partial charge on any atom is 0.416 e. The maximum atomic E-state index is 13.7. The standard InChI is InChI=1S/C30H26F3N5O3.ClH/c1-38-25(8-11-35-38)19-12-20(14-21(13-19)30(31,32)33)29(40)36-22-4-2-17-3-5-23(16-18(17)15-22)41-26-9-10-34-28-24(26)6-7-27(39)37-28;/h3,5,8-14,16,22H,2,4,6-7,15H2,1H3,(H,36,40)(H,34,37,39);1H/t22-;/m1./s1. The number of rotatable bonds is 5. The average molecular weight is 598 g/mol. The summed E-state index contributed by atoms with van der Waals surface area (Å²) in [5.41, 5.74) is 2.74. The van der Waals surface area contributed by atoms with Crippen LogP contribution in [0.5, 0.6) is 11.5 Å². The smallest absolute Gasteiger partial charge is 0.416 e. The Labute approximate surface area is 245 Å². The van der Waals surface area contributed by atoms with E-state index >= 15 is 0 Å². The number of amides is 2. The van der Waals surface area contributed by atoms with Crippen molar-refractivity contribution in [3.8, 4) is 22.8 Å². The molecule has 2 N–H and O–H groups in total. The van der Waals surface area contributed by atoms with E-state index in [0.29, 0.717) is 55.1 Å². The lowest BCUT2D eigenvalue weighted by molar-refractivity contribution is -0.137. The number of aromatic nitrogens is 3. The van der Waals surface area contributed by atoms with Crippen LogP contribution in [-0.4, -0.2) is 32.6 Å². The first kappa shape index (κ1) is 29.1. The number of pyridine rings is 1. The van der Waals surface area contributed by atoms with Crippen molar-refractivity contribution < 1.29 is 27.5 Å². The fraction of sp³-hybridized carbons (Fsp3) is 0.267. The average Bonchev–Trinajstić information content (AvgIpc) is 3.38. The van der Waals surface area contributed by atoms with E-state index in [0.717, 1.165) is 28.8 Å². The fourth-order valence-corrected chi connectivity index (χ4v) is 5.40. The molecule has 0 saturated carbocycles. The molecule has 2 aliphatic rings. The second-order valence-electron chi connectivity index (χ2n) is 10.3. The van der Waals surface area contributed by atoms with Gasteiger partial charge in [-0.3, -0.25) is 14.3 Å². The molecule has 1 aliphatic carbocycles. The summed E-state index contributed by atoms with van der Waals surface area (Å²) < 4.78 is 48.7. The Morgan fingerprint density at radius 2 is 1.88 bits per heavy atom. The molecule has 0 bridgehead atoms. The number of nitrogens with zero attached hydrogens (tertiary/aromatic N) is 3. The van der Waals surface area contributed by atoms with Crippen molar-refractivity contribution in [2.45, 2.75) is 44.3 Å². The van der Waals surface area contributed by atoms with Crippen LogP contribution in [0.2, 0.25) is 0 Å². The first-order chi connectivity index (χ1) is 19.6. The van der Waals surface area contributed by atoms with Gasteiger partial charge in [0.25, 0.3) is 5.91 Å². The van der Waals surface area contributed by atoms with E-state index in [1.165, 1.54) is 16.9 Å². The van der Waals surface area contributed by atoms with E-state index in [9.17, 15) is 22.8 Å². The normalized spacial score (nSPS) is 16.0. The Balaban J connectivity index is 0.00000353. The van der Waals surface area contributed by atoms with Crippen LogP contribution in [0.25, 0.3) is 11.3 Å². The molecule has 218 valence electrons. The quantitative estimate of drug-likeness (QED) is 0.299. The molecule has 8 nitrogen and oxygen atoms in total. The highest BCUT2D eigenvalue weighted by Crippen LogP contribution is 2.35. The minimum atomic E-state index is -4.61. The van der Waals surface area contributed by atoms with Gasteiger partial charge in [0.1, 0.15) is 17.3 Å². The highest BCUT2D eigenvalue weighted by molar-refractivity contribution is 5.96. The molecule has 2 aromatic heterocycles. The fourth-order valence-electron chi connectivity index (χ4n) is 5.40. The molecular weight excluding hydrogens is 571 g/mol. The molecule has 2 aromatic carbocycles. The zero-order valence-electron chi connectivity index (χ0n) is 22.5. The van der Waals surface area contributed by atoms with Crippen LogP contribution in [-0.2, 0) is 37.3 Å². The Bertz CT molecular complexity index is 1670. The summed E-state index contributed by atoms with van der Waals surface area (Å²) in [5.74, 6) is 1.08. The second-order valence-corrected chi connectivity index (χ2v) is 10.3. The van der Waals surface area contributed by atoms with Gasteiger partial charge in [-0.05, 0) is 79.3 Å². The third-order valence-corrected chi connectivity index (χ3v) is 7.48. The number of ether oxygens (including phenoxy) is 1. The number of alkyl halides is 3. The summed E-state index contributed by atoms with van der Waals surface area (Å²) in [5, 5.41) is 9.74. The molecular formula is C30H27ClF3N5O3. The van der Waals surface area contributed by atoms with Crippen molar-refractivity contribution in [1.29, 1.82) is 0 Å². The molecule has 0 unspecified atom stereocenters. The van der Waals surface area contributed by atoms with Crippen molar-refractivity contribution in [3.63, 3.8) is 0 Å². The monoisotopic (exact) mass is 597 g/mol. The Hall–Kier alpha value is -4.38. The highest BCUT2D eigenvalue weighted by atomic mass is 35.5. The van der Waals surface area contributed by atoms with Gasteiger partial charge in [0, 0.05) is 48.6 Å². The SMILES string of the molecule is Cl.Cn1nccc1-c1cc(C(=O)N[C@@H]2CCc3ccc(Oc4ccnc5c4CCC(=O)N5)cc3C2)cc(C(F)(F)F)c1. The third kappa shape index (κ3) is 5.96. The molecule has 0 saturated heterocycles. The zero-order valence-corrected chi connectivity index (χ0v) is 23.3. The minimum absolute atomic E-state index is 0. The van der Waals surface area contributed by atoms with E-state index in [1.807, 2.05) is 18.2 Å². The summed E-state index contributed by atoms with van der Waals surface area (Å²) in [6.45, 7) is 0. The van der Waals surface area contributed by atoms with Gasteiger partial charge in [0.05, 0.1) is 11.3 Å². The molecule has 1 aliphatic heterocycles. The Morgan fingerprint density at radius 3 is 2.64 bits per heavy atom. The van der Waals surface area contributed by atoms with Gasteiger partial charge < -0.3 is 15.4 Å². The van der Waals surface area contributed by atoms with Gasteiger partial charge in [-0.15, -0.1) is 12.4 Å². The molecule has 0 spiro atoms. The predicted molar refractivity (Wildman–Crippen MR) is 152 cm³/mol. The maximum absolute atomic E-state index is 13.7. The van der Waals surface area contributed by atoms with E-state index < -0.39 is 17.6 Å². The molecule has 2 amide bonds. The van der Waals surface area contributed by atoms with Gasteiger partial charge in [-0.1, -0.05) is 6.07 Å². The second kappa shape index (κ2) is 11.5. The van der Waals surface area contributed by atoms with Crippen molar-refractivity contribution in [2.75, 3.05) is 5.32 Å². The number of anilines is 1. The summed E-state index contributed by atoms with van der Waals surface area (Å²) in [6.07, 6.45) is 1.23. The van der Waals surface area contributed by atoms with Crippen molar-refractivity contribution >= 4 is 30.0 Å². The molecule has 6 rings (SSSR count). The van der Waals surface area contributed by atoms with Gasteiger partial charge in [0.2, 0.25) is 5.91 Å². The summed E-state index contributed by atoms with van der Waals surface area (Å²) in [7, 11) is 1.63. The highest BCUT2D eigenvalue weighted by Gasteiger charge is 2.32. The van der Waals surface area contributed by atoms with Crippen LogP contribution in [0.3, 0.4) is 0 Å². The number of hydrogen-bond donors (Lipinski definition) is 2. The van der Waals surface area contributed by atoms with Gasteiger partial charge >= 0.3 is 6.18 Å². The number of nitrogens with one attached hydrogen (secondary N) is 2. The van der Waals surface area contributed by atoms with Crippen LogP contribution in [0.15, 0.2) is 60.9 Å². The van der Waals surface area contributed by atoms with E-state index in [-0.39, 0.29) is 35.5 Å². The van der Waals surface area contributed by atoms with Gasteiger partial charge in [-0.25, -0.2) is 4.98 Å². The summed E-state index contributed by atoms with van der Waals surface area (Å²) in [6, 6.07) is 12.3. The topological polar surface area (TPSA) is 98.1 Å². The Morgan fingerprint density at radius 1 is 1.05 bits per heavy atom. The first-order valence-corrected chi connectivity index (χ1v) is 13.2.